The molecule has 0 fully saturated rings. The van der Waals surface area contributed by atoms with Gasteiger partial charge in [0.05, 0.1) is 29.1 Å². The molecule has 28 heavy (non-hydrogen) atoms. The van der Waals surface area contributed by atoms with E-state index in [1.54, 1.807) is 43.5 Å². The summed E-state index contributed by atoms with van der Waals surface area (Å²) in [6, 6.07) is 8.78. The molecule has 0 aliphatic rings. The van der Waals surface area contributed by atoms with Crippen molar-refractivity contribution in [3.63, 3.8) is 0 Å². The summed E-state index contributed by atoms with van der Waals surface area (Å²) in [5.74, 6) is -1.73. The summed E-state index contributed by atoms with van der Waals surface area (Å²) in [6.07, 6.45) is 2.59. The molecule has 2 N–H and O–H groups in total. The van der Waals surface area contributed by atoms with Crippen molar-refractivity contribution in [1.29, 1.82) is 0 Å². The van der Waals surface area contributed by atoms with E-state index in [2.05, 4.69) is 29.2 Å². The number of aliphatic carboxylic acids is 1. The molecule has 0 aliphatic carbocycles. The molecule has 2 aromatic heterocycles. The van der Waals surface area contributed by atoms with Crippen LogP contribution in [0, 0.1) is 6.92 Å². The third kappa shape index (κ3) is 3.74. The summed E-state index contributed by atoms with van der Waals surface area (Å²) in [5, 5.41) is 17.1. The zero-order valence-electron chi connectivity index (χ0n) is 16.4. The second kappa shape index (κ2) is 7.80. The fraction of sp³-hybridized carbons (Fsp3) is 0.333. The van der Waals surface area contributed by atoms with Gasteiger partial charge in [-0.15, -0.1) is 0 Å². The fourth-order valence-electron chi connectivity index (χ4n) is 3.02. The number of benzene rings is 1. The van der Waals surface area contributed by atoms with Gasteiger partial charge in [0.1, 0.15) is 0 Å². The van der Waals surface area contributed by atoms with Crippen LogP contribution in [0.1, 0.15) is 60.8 Å². The zero-order chi connectivity index (χ0) is 20.4. The molecule has 7 nitrogen and oxygen atoms in total. The lowest BCUT2D eigenvalue weighted by Gasteiger charge is -2.12. The molecule has 7 heteroatoms. The van der Waals surface area contributed by atoms with Gasteiger partial charge in [-0.05, 0) is 51.0 Å². The first-order valence-corrected chi connectivity index (χ1v) is 9.30. The quantitative estimate of drug-likeness (QED) is 0.669. The largest absolute Gasteiger partial charge is 0.481 e. The SMILES string of the molecule is CCC(C)n1ncc2c(C(=O)Nc3ccc(C(C)C(=O)O)cc3)cc(C)nc21. The van der Waals surface area contributed by atoms with Gasteiger partial charge in [-0.25, -0.2) is 9.67 Å². The van der Waals surface area contributed by atoms with Crippen molar-refractivity contribution in [2.75, 3.05) is 5.32 Å². The number of pyridine rings is 1. The van der Waals surface area contributed by atoms with E-state index in [-0.39, 0.29) is 11.9 Å². The average Bonchev–Trinajstić information content (AvgIpc) is 3.10. The summed E-state index contributed by atoms with van der Waals surface area (Å²) >= 11 is 0. The van der Waals surface area contributed by atoms with E-state index in [1.807, 2.05) is 11.6 Å². The number of carbonyl (C=O) groups is 2. The number of rotatable bonds is 6. The number of aromatic nitrogens is 3. The van der Waals surface area contributed by atoms with Crippen molar-refractivity contribution >= 4 is 28.6 Å². The van der Waals surface area contributed by atoms with E-state index in [4.69, 9.17) is 5.11 Å². The van der Waals surface area contributed by atoms with Gasteiger partial charge < -0.3 is 10.4 Å². The smallest absolute Gasteiger partial charge is 0.310 e. The Morgan fingerprint density at radius 1 is 1.21 bits per heavy atom. The van der Waals surface area contributed by atoms with Crippen LogP contribution in [-0.4, -0.2) is 31.7 Å². The van der Waals surface area contributed by atoms with Gasteiger partial charge in [0.25, 0.3) is 5.91 Å². The first-order valence-electron chi connectivity index (χ1n) is 9.30. The van der Waals surface area contributed by atoms with Crippen LogP contribution in [0.4, 0.5) is 5.69 Å². The highest BCUT2D eigenvalue weighted by atomic mass is 16.4. The number of carboxylic acid groups (broad SMARTS) is 1. The number of fused-ring (bicyclic) bond motifs is 1. The van der Waals surface area contributed by atoms with E-state index in [9.17, 15) is 9.59 Å². The second-order valence-corrected chi connectivity index (χ2v) is 7.03. The van der Waals surface area contributed by atoms with Gasteiger partial charge in [0, 0.05) is 11.4 Å². The first kappa shape index (κ1) is 19.5. The summed E-state index contributed by atoms with van der Waals surface area (Å²) in [7, 11) is 0. The topological polar surface area (TPSA) is 97.1 Å². The van der Waals surface area contributed by atoms with E-state index in [1.165, 1.54) is 0 Å². The van der Waals surface area contributed by atoms with Crippen molar-refractivity contribution in [3.8, 4) is 0 Å². The normalized spacial score (nSPS) is 13.3. The van der Waals surface area contributed by atoms with E-state index < -0.39 is 11.9 Å². The molecule has 146 valence electrons. The molecule has 0 saturated carbocycles. The molecule has 1 amide bonds. The maximum atomic E-state index is 12.9. The van der Waals surface area contributed by atoms with Gasteiger partial charge in [-0.3, -0.25) is 9.59 Å². The summed E-state index contributed by atoms with van der Waals surface area (Å²) in [5.41, 5.74) is 3.24. The molecular formula is C21H24N4O3. The van der Waals surface area contributed by atoms with E-state index >= 15 is 0 Å². The van der Waals surface area contributed by atoms with Gasteiger partial charge >= 0.3 is 5.97 Å². The van der Waals surface area contributed by atoms with Crippen molar-refractivity contribution in [2.24, 2.45) is 0 Å². The first-order chi connectivity index (χ1) is 13.3. The van der Waals surface area contributed by atoms with Crippen molar-refractivity contribution < 1.29 is 14.7 Å². The Bertz CT molecular complexity index is 1020. The van der Waals surface area contributed by atoms with Gasteiger partial charge in [0.15, 0.2) is 5.65 Å². The minimum atomic E-state index is -0.884. The molecule has 2 atom stereocenters. The Morgan fingerprint density at radius 2 is 1.89 bits per heavy atom. The molecule has 3 rings (SSSR count). The third-order valence-electron chi connectivity index (χ3n) is 4.99. The number of nitrogens with zero attached hydrogens (tertiary/aromatic N) is 3. The predicted molar refractivity (Wildman–Crippen MR) is 108 cm³/mol. The molecule has 0 bridgehead atoms. The monoisotopic (exact) mass is 380 g/mol. The highest BCUT2D eigenvalue weighted by molar-refractivity contribution is 6.12. The van der Waals surface area contributed by atoms with E-state index in [0.29, 0.717) is 27.8 Å². The summed E-state index contributed by atoms with van der Waals surface area (Å²) < 4.78 is 1.85. The highest BCUT2D eigenvalue weighted by Gasteiger charge is 2.18. The minimum Gasteiger partial charge on any atom is -0.481 e. The Morgan fingerprint density at radius 3 is 2.50 bits per heavy atom. The average molecular weight is 380 g/mol. The zero-order valence-corrected chi connectivity index (χ0v) is 16.4. The number of amides is 1. The van der Waals surface area contributed by atoms with Crippen LogP contribution in [0.3, 0.4) is 0 Å². The Kier molecular flexibility index (Phi) is 5.44. The van der Waals surface area contributed by atoms with Crippen molar-refractivity contribution in [3.05, 3.63) is 53.3 Å². The Balaban J connectivity index is 1.89. The van der Waals surface area contributed by atoms with Crippen LogP contribution in [0.2, 0.25) is 0 Å². The molecule has 0 aliphatic heterocycles. The lowest BCUT2D eigenvalue weighted by Crippen LogP contribution is -2.14. The lowest BCUT2D eigenvalue weighted by atomic mass is 10.0. The number of carbonyl (C=O) groups excluding carboxylic acids is 1. The molecule has 3 aromatic rings. The van der Waals surface area contributed by atoms with Crippen LogP contribution in [-0.2, 0) is 4.79 Å². The number of nitrogens with one attached hydrogen (secondary N) is 1. The van der Waals surface area contributed by atoms with Gasteiger partial charge in [-0.1, -0.05) is 19.1 Å². The molecule has 2 unspecified atom stereocenters. The fourth-order valence-corrected chi connectivity index (χ4v) is 3.02. The number of aryl methyl sites for hydroxylation is 1. The van der Waals surface area contributed by atoms with Crippen LogP contribution in [0.5, 0.6) is 0 Å². The minimum absolute atomic E-state index is 0.187. The molecule has 2 heterocycles. The molecule has 0 saturated heterocycles. The number of hydrogen-bond acceptors (Lipinski definition) is 4. The van der Waals surface area contributed by atoms with Crippen LogP contribution < -0.4 is 5.32 Å². The third-order valence-corrected chi connectivity index (χ3v) is 4.99. The number of anilines is 1. The van der Waals surface area contributed by atoms with Gasteiger partial charge in [0.2, 0.25) is 0 Å². The van der Waals surface area contributed by atoms with Crippen molar-refractivity contribution in [1.82, 2.24) is 14.8 Å². The van der Waals surface area contributed by atoms with Crippen molar-refractivity contribution in [2.45, 2.75) is 46.1 Å². The predicted octanol–water partition coefficient (Wildman–Crippen LogP) is 4.15. The maximum Gasteiger partial charge on any atom is 0.310 e. The standard InChI is InChI=1S/C21H24N4O3/c1-5-13(3)25-19-18(11-22-25)17(10-12(2)23-19)20(26)24-16-8-6-15(7-9-16)14(4)21(27)28/h6-11,13-14H,5H2,1-4H3,(H,24,26)(H,27,28). The molecular weight excluding hydrogens is 356 g/mol. The molecule has 1 aromatic carbocycles. The van der Waals surface area contributed by atoms with Crippen LogP contribution in [0.15, 0.2) is 36.5 Å². The van der Waals surface area contributed by atoms with E-state index in [0.717, 1.165) is 12.1 Å². The lowest BCUT2D eigenvalue weighted by molar-refractivity contribution is -0.138. The molecule has 0 spiro atoms. The Hall–Kier alpha value is -3.22. The van der Waals surface area contributed by atoms with Crippen LogP contribution in [0.25, 0.3) is 11.0 Å². The summed E-state index contributed by atoms with van der Waals surface area (Å²) in [4.78, 5) is 28.5. The highest BCUT2D eigenvalue weighted by Crippen LogP contribution is 2.24. The maximum absolute atomic E-state index is 12.9. The van der Waals surface area contributed by atoms with Crippen LogP contribution >= 0.6 is 0 Å². The number of carboxylic acids is 1. The second-order valence-electron chi connectivity index (χ2n) is 7.03. The Labute approximate surface area is 163 Å². The number of hydrogen-bond donors (Lipinski definition) is 2. The van der Waals surface area contributed by atoms with Gasteiger partial charge in [-0.2, -0.15) is 5.10 Å². The molecule has 0 radical (unpaired) electrons. The summed E-state index contributed by atoms with van der Waals surface area (Å²) in [6.45, 7) is 7.62.